The highest BCUT2D eigenvalue weighted by atomic mass is 32.1. The van der Waals surface area contributed by atoms with Crippen molar-refractivity contribution in [2.24, 2.45) is 0 Å². The van der Waals surface area contributed by atoms with Crippen LogP contribution in [0.2, 0.25) is 0 Å². The molecule has 0 radical (unpaired) electrons. The summed E-state index contributed by atoms with van der Waals surface area (Å²) in [5.74, 6) is 5.91. The van der Waals surface area contributed by atoms with Gasteiger partial charge < -0.3 is 14.6 Å². The van der Waals surface area contributed by atoms with Crippen LogP contribution in [-0.2, 0) is 11.4 Å². The van der Waals surface area contributed by atoms with E-state index in [4.69, 9.17) is 14.6 Å². The first-order chi connectivity index (χ1) is 17.1. The van der Waals surface area contributed by atoms with E-state index in [0.717, 1.165) is 33.4 Å². The lowest BCUT2D eigenvalue weighted by atomic mass is 9.96. The Morgan fingerprint density at radius 2 is 1.89 bits per heavy atom. The van der Waals surface area contributed by atoms with E-state index in [9.17, 15) is 4.79 Å². The summed E-state index contributed by atoms with van der Waals surface area (Å²) in [5, 5.41) is 12.4. The minimum atomic E-state index is -0.866. The monoisotopic (exact) mass is 487 g/mol. The third-order valence-electron chi connectivity index (χ3n) is 5.28. The Kier molecular flexibility index (Phi) is 9.28. The molecule has 0 spiro atoms. The Morgan fingerprint density at radius 1 is 1.11 bits per heavy atom. The summed E-state index contributed by atoms with van der Waals surface area (Å²) in [6.07, 6.45) is 1.70. The molecule has 4 rings (SSSR count). The van der Waals surface area contributed by atoms with Gasteiger partial charge in [-0.25, -0.2) is 4.98 Å². The van der Waals surface area contributed by atoms with Crippen LogP contribution in [0.3, 0.4) is 0 Å². The van der Waals surface area contributed by atoms with Crippen molar-refractivity contribution in [3.8, 4) is 34.6 Å². The van der Waals surface area contributed by atoms with Crippen LogP contribution in [0.25, 0.3) is 21.2 Å². The highest BCUT2D eigenvalue weighted by Crippen LogP contribution is 2.38. The van der Waals surface area contributed by atoms with Gasteiger partial charge in [0, 0.05) is 27.4 Å². The number of ether oxygens (including phenoxy) is 2. The number of aromatic nitrogens is 1. The van der Waals surface area contributed by atoms with Crippen molar-refractivity contribution in [1.29, 1.82) is 0 Å². The lowest BCUT2D eigenvalue weighted by molar-refractivity contribution is -0.137. The molecule has 0 aliphatic rings. The van der Waals surface area contributed by atoms with Crippen LogP contribution >= 0.6 is 11.3 Å². The molecule has 0 bridgehead atoms. The smallest absolute Gasteiger partial charge is 0.304 e. The molecule has 4 aromatic rings. The van der Waals surface area contributed by atoms with Crippen molar-refractivity contribution in [3.05, 3.63) is 77.3 Å². The highest BCUT2D eigenvalue weighted by molar-refractivity contribution is 7.17. The number of thiophene rings is 1. The third-order valence-corrected chi connectivity index (χ3v) is 6.24. The maximum Gasteiger partial charge on any atom is 0.304 e. The molecule has 180 valence electrons. The van der Waals surface area contributed by atoms with Crippen molar-refractivity contribution in [2.75, 3.05) is 7.11 Å². The molecule has 1 atom stereocenters. The average molecular weight is 488 g/mol. The molecule has 2 heterocycles. The van der Waals surface area contributed by atoms with Gasteiger partial charge in [0.1, 0.15) is 12.4 Å². The Bertz CT molecular complexity index is 1330. The van der Waals surface area contributed by atoms with Gasteiger partial charge in [0.25, 0.3) is 0 Å². The summed E-state index contributed by atoms with van der Waals surface area (Å²) in [4.78, 5) is 15.4. The van der Waals surface area contributed by atoms with E-state index in [2.05, 4.69) is 40.4 Å². The van der Waals surface area contributed by atoms with Crippen LogP contribution in [0.1, 0.15) is 44.2 Å². The van der Waals surface area contributed by atoms with Crippen LogP contribution in [0.4, 0.5) is 0 Å². The van der Waals surface area contributed by atoms with E-state index < -0.39 is 5.97 Å². The number of hydrogen-bond acceptors (Lipinski definition) is 5. The van der Waals surface area contributed by atoms with E-state index in [1.807, 2.05) is 50.2 Å². The summed E-state index contributed by atoms with van der Waals surface area (Å²) in [7, 11) is 1.63. The second-order valence-electron chi connectivity index (χ2n) is 7.44. The first-order valence-corrected chi connectivity index (χ1v) is 12.3. The number of carboxylic acids is 1. The molecular formula is C29H29NO4S. The molecule has 1 N–H and O–H groups in total. The van der Waals surface area contributed by atoms with E-state index in [1.165, 1.54) is 4.70 Å². The van der Waals surface area contributed by atoms with Crippen molar-refractivity contribution in [2.45, 2.75) is 39.7 Å². The van der Waals surface area contributed by atoms with Gasteiger partial charge in [-0.15, -0.1) is 17.3 Å². The summed E-state index contributed by atoms with van der Waals surface area (Å²) in [6, 6.07) is 17.7. The molecule has 2 aromatic heterocycles. The molecule has 0 aliphatic carbocycles. The lowest BCUT2D eigenvalue weighted by Gasteiger charge is -2.11. The predicted octanol–water partition coefficient (Wildman–Crippen LogP) is 7.16. The molecule has 0 aliphatic heterocycles. The van der Waals surface area contributed by atoms with Gasteiger partial charge >= 0.3 is 5.97 Å². The number of carbonyl (C=O) groups is 1. The number of pyridine rings is 1. The molecule has 6 heteroatoms. The average Bonchev–Trinajstić information content (AvgIpc) is 3.31. The van der Waals surface area contributed by atoms with Gasteiger partial charge in [0.2, 0.25) is 5.88 Å². The fraction of sp³-hybridized carbons (Fsp3) is 0.241. The summed E-state index contributed by atoms with van der Waals surface area (Å²) < 4.78 is 12.6. The summed E-state index contributed by atoms with van der Waals surface area (Å²) >= 11 is 1.69. The number of aliphatic carboxylic acids is 1. The van der Waals surface area contributed by atoms with E-state index in [-0.39, 0.29) is 12.3 Å². The summed E-state index contributed by atoms with van der Waals surface area (Å²) in [5.41, 5.74) is 3.97. The van der Waals surface area contributed by atoms with Crippen LogP contribution < -0.4 is 9.47 Å². The fourth-order valence-corrected chi connectivity index (χ4v) is 4.64. The van der Waals surface area contributed by atoms with Gasteiger partial charge in [0.15, 0.2) is 0 Å². The van der Waals surface area contributed by atoms with Crippen molar-refractivity contribution < 1.29 is 19.4 Å². The van der Waals surface area contributed by atoms with Crippen LogP contribution in [-0.4, -0.2) is 23.2 Å². The second kappa shape index (κ2) is 12.6. The fourth-order valence-electron chi connectivity index (χ4n) is 3.70. The van der Waals surface area contributed by atoms with Gasteiger partial charge in [0.05, 0.1) is 19.4 Å². The molecule has 0 fully saturated rings. The minimum Gasteiger partial charge on any atom is -0.489 e. The SMILES string of the molecule is CC.CC#CC(CC(=O)O)c1ccc(OCc2ccc3scc(-c4cccnc4OC)c3c2)cc1. The van der Waals surface area contributed by atoms with E-state index >= 15 is 0 Å². The third kappa shape index (κ3) is 6.40. The number of nitrogens with zero attached hydrogens (tertiary/aromatic N) is 1. The molecule has 1 unspecified atom stereocenters. The van der Waals surface area contributed by atoms with Crippen molar-refractivity contribution in [1.82, 2.24) is 4.98 Å². The van der Waals surface area contributed by atoms with Crippen LogP contribution in [0, 0.1) is 11.8 Å². The van der Waals surface area contributed by atoms with Gasteiger partial charge in [-0.2, -0.15) is 0 Å². The topological polar surface area (TPSA) is 68.7 Å². The lowest BCUT2D eigenvalue weighted by Crippen LogP contribution is -2.04. The second-order valence-corrected chi connectivity index (χ2v) is 8.35. The highest BCUT2D eigenvalue weighted by Gasteiger charge is 2.14. The number of hydrogen-bond donors (Lipinski definition) is 1. The predicted molar refractivity (Wildman–Crippen MR) is 142 cm³/mol. The maximum atomic E-state index is 11.1. The summed E-state index contributed by atoms with van der Waals surface area (Å²) in [6.45, 7) is 6.13. The first-order valence-electron chi connectivity index (χ1n) is 11.5. The number of carboxylic acid groups (broad SMARTS) is 1. The zero-order valence-electron chi connectivity index (χ0n) is 20.4. The molecule has 0 saturated carbocycles. The van der Waals surface area contributed by atoms with Gasteiger partial charge in [-0.05, 0) is 59.8 Å². The Labute approximate surface area is 210 Å². The molecule has 35 heavy (non-hydrogen) atoms. The zero-order chi connectivity index (χ0) is 25.2. The maximum absolute atomic E-state index is 11.1. The zero-order valence-corrected chi connectivity index (χ0v) is 21.2. The molecule has 0 amide bonds. The Balaban J connectivity index is 0.00000167. The van der Waals surface area contributed by atoms with Crippen LogP contribution in [0.15, 0.2) is 66.2 Å². The van der Waals surface area contributed by atoms with E-state index in [1.54, 1.807) is 31.6 Å². The van der Waals surface area contributed by atoms with Crippen LogP contribution in [0.5, 0.6) is 11.6 Å². The van der Waals surface area contributed by atoms with Gasteiger partial charge in [-0.1, -0.05) is 38.0 Å². The first kappa shape index (κ1) is 25.8. The molecular weight excluding hydrogens is 458 g/mol. The quantitative estimate of drug-likeness (QED) is 0.267. The molecule has 2 aromatic carbocycles. The molecule has 5 nitrogen and oxygen atoms in total. The minimum absolute atomic E-state index is 0.0221. The number of rotatable bonds is 8. The molecule has 0 saturated heterocycles. The van der Waals surface area contributed by atoms with Crippen molar-refractivity contribution in [3.63, 3.8) is 0 Å². The normalized spacial score (nSPS) is 11.0. The number of benzene rings is 2. The van der Waals surface area contributed by atoms with E-state index in [0.29, 0.717) is 12.5 Å². The number of methoxy groups -OCH3 is 1. The Hall–Kier alpha value is -3.82. The number of fused-ring (bicyclic) bond motifs is 1. The standard InChI is InChI=1S/C27H23NO4S.C2H6/c1-3-5-20(15-26(29)30)19-8-10-21(11-9-19)32-16-18-7-12-25-23(14-18)24(17-33-25)22-6-4-13-28-27(22)31-2;1-2/h4,6-14,17,20H,15-16H2,1-2H3,(H,29,30);1-2H3. The Morgan fingerprint density at radius 3 is 2.57 bits per heavy atom. The van der Waals surface area contributed by atoms with Gasteiger partial charge in [-0.3, -0.25) is 4.79 Å². The largest absolute Gasteiger partial charge is 0.489 e. The van der Waals surface area contributed by atoms with Crippen molar-refractivity contribution >= 4 is 27.4 Å².